The first-order valence-corrected chi connectivity index (χ1v) is 6.36. The van der Waals surface area contributed by atoms with E-state index in [2.05, 4.69) is 12.2 Å². The zero-order chi connectivity index (χ0) is 13.4. The summed E-state index contributed by atoms with van der Waals surface area (Å²) >= 11 is 6.01. The van der Waals surface area contributed by atoms with E-state index in [1.54, 1.807) is 12.1 Å². The number of hydrogen-bond acceptors (Lipinski definition) is 3. The van der Waals surface area contributed by atoms with E-state index in [4.69, 9.17) is 21.1 Å². The molecule has 0 unspecified atom stereocenters. The summed E-state index contributed by atoms with van der Waals surface area (Å²) in [5.41, 5.74) is 0.876. The van der Waals surface area contributed by atoms with Gasteiger partial charge in [0.25, 0.3) is 0 Å². The maximum absolute atomic E-state index is 12.2. The molecule has 3 nitrogen and oxygen atoms in total. The molecule has 18 heavy (non-hydrogen) atoms. The van der Waals surface area contributed by atoms with Gasteiger partial charge in [-0.25, -0.2) is 4.39 Å². The van der Waals surface area contributed by atoms with E-state index < -0.39 is 6.67 Å². The van der Waals surface area contributed by atoms with Crippen LogP contribution < -0.4 is 14.8 Å². The summed E-state index contributed by atoms with van der Waals surface area (Å²) in [4.78, 5) is 0. The average molecular weight is 276 g/mol. The lowest BCUT2D eigenvalue weighted by Gasteiger charge is -2.15. The second kappa shape index (κ2) is 8.16. The van der Waals surface area contributed by atoms with E-state index in [1.165, 1.54) is 7.11 Å². The van der Waals surface area contributed by atoms with E-state index in [0.29, 0.717) is 23.1 Å². The highest BCUT2D eigenvalue weighted by Crippen LogP contribution is 2.34. The summed E-state index contributed by atoms with van der Waals surface area (Å²) in [6, 6.07) is 3.47. The molecule has 0 spiro atoms. The minimum atomic E-state index is -0.534. The summed E-state index contributed by atoms with van der Waals surface area (Å²) in [6.07, 6.45) is 1.04. The quantitative estimate of drug-likeness (QED) is 0.739. The van der Waals surface area contributed by atoms with Crippen LogP contribution in [0.5, 0.6) is 11.5 Å². The molecule has 0 amide bonds. The van der Waals surface area contributed by atoms with Crippen LogP contribution in [0, 0.1) is 0 Å². The summed E-state index contributed by atoms with van der Waals surface area (Å²) < 4.78 is 22.8. The molecule has 0 aromatic heterocycles. The molecule has 1 rings (SSSR count). The maximum Gasteiger partial charge on any atom is 0.165 e. The maximum atomic E-state index is 12.2. The molecular formula is C13H19ClFNO2. The third kappa shape index (κ3) is 4.35. The molecule has 0 bridgehead atoms. The summed E-state index contributed by atoms with van der Waals surface area (Å²) in [5, 5.41) is 3.84. The molecule has 0 saturated heterocycles. The van der Waals surface area contributed by atoms with Crippen molar-refractivity contribution in [3.05, 3.63) is 22.7 Å². The Morgan fingerprint density at radius 3 is 2.78 bits per heavy atom. The second-order valence-corrected chi connectivity index (χ2v) is 4.25. The van der Waals surface area contributed by atoms with Crippen molar-refractivity contribution < 1.29 is 13.9 Å². The van der Waals surface area contributed by atoms with Crippen LogP contribution in [0.3, 0.4) is 0 Å². The van der Waals surface area contributed by atoms with Crippen molar-refractivity contribution in [3.63, 3.8) is 0 Å². The average Bonchev–Trinajstić information content (AvgIpc) is 2.37. The second-order valence-electron chi connectivity index (χ2n) is 3.81. The fourth-order valence-electron chi connectivity index (χ4n) is 1.61. The Morgan fingerprint density at radius 2 is 2.17 bits per heavy atom. The first-order chi connectivity index (χ1) is 8.72. The van der Waals surface area contributed by atoms with Gasteiger partial charge < -0.3 is 14.8 Å². The van der Waals surface area contributed by atoms with Crippen LogP contribution in [0.2, 0.25) is 5.02 Å². The van der Waals surface area contributed by atoms with Crippen molar-refractivity contribution in [1.82, 2.24) is 5.32 Å². The lowest BCUT2D eigenvalue weighted by molar-refractivity contribution is 0.257. The van der Waals surface area contributed by atoms with E-state index in [0.717, 1.165) is 18.5 Å². The predicted octanol–water partition coefficient (Wildman–Crippen LogP) is 3.20. The molecule has 0 radical (unpaired) electrons. The minimum absolute atomic E-state index is 0.0127. The number of methoxy groups -OCH3 is 1. The highest BCUT2D eigenvalue weighted by Gasteiger charge is 2.12. The zero-order valence-corrected chi connectivity index (χ0v) is 11.5. The molecule has 0 aliphatic heterocycles. The van der Waals surface area contributed by atoms with Crippen LogP contribution >= 0.6 is 11.6 Å². The van der Waals surface area contributed by atoms with Gasteiger partial charge in [-0.15, -0.1) is 0 Å². The number of rotatable bonds is 8. The van der Waals surface area contributed by atoms with E-state index >= 15 is 0 Å². The predicted molar refractivity (Wildman–Crippen MR) is 71.5 cm³/mol. The first-order valence-electron chi connectivity index (χ1n) is 5.98. The molecule has 0 saturated carbocycles. The fourth-order valence-corrected chi connectivity index (χ4v) is 1.84. The molecule has 0 fully saturated rings. The lowest BCUT2D eigenvalue weighted by atomic mass is 10.1. The van der Waals surface area contributed by atoms with Crippen molar-refractivity contribution >= 4 is 11.6 Å². The topological polar surface area (TPSA) is 30.5 Å². The van der Waals surface area contributed by atoms with Crippen molar-refractivity contribution in [2.75, 3.05) is 26.9 Å². The Balaban J connectivity index is 2.91. The van der Waals surface area contributed by atoms with Crippen molar-refractivity contribution in [1.29, 1.82) is 0 Å². The fraction of sp³-hybridized carbons (Fsp3) is 0.538. The first kappa shape index (κ1) is 15.1. The SMILES string of the molecule is CCCNCc1cc(Cl)cc(OC)c1OCCF. The molecule has 5 heteroatoms. The van der Waals surface area contributed by atoms with Gasteiger partial charge in [-0.2, -0.15) is 0 Å². The van der Waals surface area contributed by atoms with Gasteiger partial charge in [-0.3, -0.25) is 0 Å². The molecule has 0 aliphatic carbocycles. The normalized spacial score (nSPS) is 10.4. The number of nitrogens with one attached hydrogen (secondary N) is 1. The van der Waals surface area contributed by atoms with Gasteiger partial charge in [-0.05, 0) is 19.0 Å². The number of benzene rings is 1. The molecule has 0 atom stereocenters. The van der Waals surface area contributed by atoms with Gasteiger partial charge in [0.05, 0.1) is 7.11 Å². The molecule has 0 aliphatic rings. The van der Waals surface area contributed by atoms with Crippen LogP contribution in [0.4, 0.5) is 4.39 Å². The van der Waals surface area contributed by atoms with Crippen molar-refractivity contribution in [2.45, 2.75) is 19.9 Å². The van der Waals surface area contributed by atoms with Gasteiger partial charge in [0.2, 0.25) is 0 Å². The molecule has 1 aromatic rings. The highest BCUT2D eigenvalue weighted by atomic mass is 35.5. The van der Waals surface area contributed by atoms with Crippen LogP contribution in [-0.2, 0) is 6.54 Å². The summed E-state index contributed by atoms with van der Waals surface area (Å²) in [5.74, 6) is 1.09. The molecule has 0 heterocycles. The number of ether oxygens (including phenoxy) is 2. The Labute approximate surface area is 112 Å². The van der Waals surface area contributed by atoms with Gasteiger partial charge >= 0.3 is 0 Å². The van der Waals surface area contributed by atoms with Gasteiger partial charge in [0.15, 0.2) is 11.5 Å². The molecular weight excluding hydrogens is 257 g/mol. The van der Waals surface area contributed by atoms with Gasteiger partial charge in [0, 0.05) is 23.2 Å². The van der Waals surface area contributed by atoms with Crippen LogP contribution in [0.25, 0.3) is 0 Å². The third-order valence-electron chi connectivity index (χ3n) is 2.38. The van der Waals surface area contributed by atoms with E-state index in [9.17, 15) is 4.39 Å². The van der Waals surface area contributed by atoms with Gasteiger partial charge in [-0.1, -0.05) is 18.5 Å². The van der Waals surface area contributed by atoms with Crippen molar-refractivity contribution in [2.24, 2.45) is 0 Å². The summed E-state index contributed by atoms with van der Waals surface area (Å²) in [6.45, 7) is 3.09. The number of alkyl halides is 1. The van der Waals surface area contributed by atoms with Gasteiger partial charge in [0.1, 0.15) is 13.3 Å². The number of hydrogen-bond donors (Lipinski definition) is 1. The smallest absolute Gasteiger partial charge is 0.165 e. The van der Waals surface area contributed by atoms with Crippen LogP contribution in [-0.4, -0.2) is 26.9 Å². The Hall–Kier alpha value is -1.00. The largest absolute Gasteiger partial charge is 0.493 e. The van der Waals surface area contributed by atoms with Crippen molar-refractivity contribution in [3.8, 4) is 11.5 Å². The third-order valence-corrected chi connectivity index (χ3v) is 2.60. The molecule has 1 N–H and O–H groups in total. The van der Waals surface area contributed by atoms with Crippen LogP contribution in [0.1, 0.15) is 18.9 Å². The molecule has 1 aromatic carbocycles. The van der Waals surface area contributed by atoms with Crippen LogP contribution in [0.15, 0.2) is 12.1 Å². The van der Waals surface area contributed by atoms with E-state index in [-0.39, 0.29) is 6.61 Å². The summed E-state index contributed by atoms with van der Waals surface area (Å²) in [7, 11) is 1.54. The monoisotopic (exact) mass is 275 g/mol. The Bertz CT molecular complexity index is 374. The lowest BCUT2D eigenvalue weighted by Crippen LogP contribution is -2.15. The Morgan fingerprint density at radius 1 is 1.39 bits per heavy atom. The molecule has 102 valence electrons. The van der Waals surface area contributed by atoms with E-state index in [1.807, 2.05) is 0 Å². The highest BCUT2D eigenvalue weighted by molar-refractivity contribution is 6.30. The minimum Gasteiger partial charge on any atom is -0.493 e. The zero-order valence-electron chi connectivity index (χ0n) is 10.8. The number of halogens is 2. The Kier molecular flexibility index (Phi) is 6.83. The standard InChI is InChI=1S/C13H19ClFNO2/c1-3-5-16-9-10-7-11(14)8-12(17-2)13(10)18-6-4-15/h7-8,16H,3-6,9H2,1-2H3.